The fourth-order valence-electron chi connectivity index (χ4n) is 1.07. The van der Waals surface area contributed by atoms with Crippen molar-refractivity contribution in [2.24, 2.45) is 0 Å². The van der Waals surface area contributed by atoms with Crippen molar-refractivity contribution in [3.05, 3.63) is 39.4 Å². The minimum Gasteiger partial charge on any atom is -0.258 e. The third-order valence-electron chi connectivity index (χ3n) is 1.71. The second-order valence-electron chi connectivity index (χ2n) is 2.88. The van der Waals surface area contributed by atoms with E-state index in [-0.39, 0.29) is 11.3 Å². The summed E-state index contributed by atoms with van der Waals surface area (Å²) in [6.45, 7) is 0. The molecule has 0 aromatic heterocycles. The molecule has 5 heteroatoms. The number of benzene rings is 1. The fourth-order valence-corrected chi connectivity index (χ4v) is 1.16. The van der Waals surface area contributed by atoms with Crippen LogP contribution in [0.5, 0.6) is 0 Å². The van der Waals surface area contributed by atoms with Crippen LogP contribution in [0.25, 0.3) is 0 Å². The lowest BCUT2D eigenvalue weighted by Gasteiger charge is -1.94. The SMILES string of the molecule is N#Cc1cc(C#CCCCl)cc([N+](=O)[O-])c1. The molecule has 1 aromatic rings. The highest BCUT2D eigenvalue weighted by Crippen LogP contribution is 2.16. The summed E-state index contributed by atoms with van der Waals surface area (Å²) in [6, 6.07) is 5.91. The highest BCUT2D eigenvalue weighted by molar-refractivity contribution is 6.18. The van der Waals surface area contributed by atoms with Gasteiger partial charge in [0.2, 0.25) is 0 Å². The van der Waals surface area contributed by atoms with Crippen molar-refractivity contribution in [1.29, 1.82) is 5.26 Å². The van der Waals surface area contributed by atoms with E-state index in [9.17, 15) is 10.1 Å². The number of non-ortho nitro benzene ring substituents is 1. The van der Waals surface area contributed by atoms with E-state index in [1.54, 1.807) is 0 Å². The van der Waals surface area contributed by atoms with E-state index in [0.717, 1.165) is 0 Å². The molecule has 0 saturated carbocycles. The van der Waals surface area contributed by atoms with Gasteiger partial charge in [0.05, 0.1) is 16.6 Å². The van der Waals surface area contributed by atoms with Gasteiger partial charge in [-0.3, -0.25) is 10.1 Å². The second kappa shape index (κ2) is 5.75. The van der Waals surface area contributed by atoms with Crippen LogP contribution >= 0.6 is 11.6 Å². The number of alkyl halides is 1. The summed E-state index contributed by atoms with van der Waals surface area (Å²) in [5.74, 6) is 5.89. The van der Waals surface area contributed by atoms with Gasteiger partial charge in [-0.2, -0.15) is 5.26 Å². The van der Waals surface area contributed by atoms with Gasteiger partial charge >= 0.3 is 0 Å². The standard InChI is InChI=1S/C11H7ClN2O2/c12-4-2-1-3-9-5-10(8-13)7-11(6-9)14(15)16/h5-7H,2,4H2. The van der Waals surface area contributed by atoms with Crippen LogP contribution in [-0.2, 0) is 0 Å². The van der Waals surface area contributed by atoms with Gasteiger partial charge in [-0.05, 0) is 6.07 Å². The highest BCUT2D eigenvalue weighted by atomic mass is 35.5. The summed E-state index contributed by atoms with van der Waals surface area (Å²) in [6.07, 6.45) is 0.506. The van der Waals surface area contributed by atoms with Crippen LogP contribution in [0.15, 0.2) is 18.2 Å². The maximum atomic E-state index is 10.6. The molecule has 0 bridgehead atoms. The highest BCUT2D eigenvalue weighted by Gasteiger charge is 2.08. The monoisotopic (exact) mass is 234 g/mol. The molecule has 0 spiro atoms. The van der Waals surface area contributed by atoms with E-state index in [1.807, 2.05) is 6.07 Å². The summed E-state index contributed by atoms with van der Waals surface area (Å²) < 4.78 is 0. The lowest BCUT2D eigenvalue weighted by molar-refractivity contribution is -0.384. The number of nitriles is 1. The molecule has 0 saturated heterocycles. The molecular formula is C11H7ClN2O2. The normalized spacial score (nSPS) is 8.75. The molecule has 0 aliphatic carbocycles. The van der Waals surface area contributed by atoms with Crippen LogP contribution in [0.1, 0.15) is 17.5 Å². The zero-order valence-electron chi connectivity index (χ0n) is 8.24. The van der Waals surface area contributed by atoms with Crippen molar-refractivity contribution >= 4 is 17.3 Å². The van der Waals surface area contributed by atoms with Gasteiger partial charge < -0.3 is 0 Å². The van der Waals surface area contributed by atoms with E-state index in [0.29, 0.717) is 17.9 Å². The van der Waals surface area contributed by atoms with Crippen LogP contribution in [0, 0.1) is 33.3 Å². The van der Waals surface area contributed by atoms with E-state index in [4.69, 9.17) is 16.9 Å². The predicted octanol–water partition coefficient (Wildman–Crippen LogP) is 2.45. The third-order valence-corrected chi connectivity index (χ3v) is 1.90. The summed E-state index contributed by atoms with van der Waals surface area (Å²) >= 11 is 5.44. The molecular weight excluding hydrogens is 228 g/mol. The Labute approximate surface area is 97.6 Å². The first kappa shape index (κ1) is 12.0. The summed E-state index contributed by atoms with van der Waals surface area (Å²) in [7, 11) is 0. The Kier molecular flexibility index (Phi) is 4.32. The van der Waals surface area contributed by atoms with Crippen molar-refractivity contribution < 1.29 is 4.92 Å². The average molecular weight is 235 g/mol. The van der Waals surface area contributed by atoms with Crippen LogP contribution in [0.4, 0.5) is 5.69 Å². The minimum atomic E-state index is -0.548. The molecule has 16 heavy (non-hydrogen) atoms. The Morgan fingerprint density at radius 3 is 2.62 bits per heavy atom. The molecule has 0 amide bonds. The number of hydrogen-bond acceptors (Lipinski definition) is 3. The first-order valence-electron chi connectivity index (χ1n) is 4.42. The molecule has 0 aliphatic rings. The van der Waals surface area contributed by atoms with E-state index >= 15 is 0 Å². The van der Waals surface area contributed by atoms with E-state index in [2.05, 4.69) is 11.8 Å². The van der Waals surface area contributed by atoms with Gasteiger partial charge in [-0.25, -0.2) is 0 Å². The molecule has 0 unspecified atom stereocenters. The van der Waals surface area contributed by atoms with Gasteiger partial charge in [-0.15, -0.1) is 11.6 Å². The van der Waals surface area contributed by atoms with Gasteiger partial charge in [0, 0.05) is 30.0 Å². The fraction of sp³-hybridized carbons (Fsp3) is 0.182. The third kappa shape index (κ3) is 3.27. The Balaban J connectivity index is 3.12. The van der Waals surface area contributed by atoms with Crippen molar-refractivity contribution in [2.75, 3.05) is 5.88 Å². The number of nitro benzene ring substituents is 1. The van der Waals surface area contributed by atoms with E-state index < -0.39 is 4.92 Å². The summed E-state index contributed by atoms with van der Waals surface area (Å²) in [5, 5.41) is 19.3. The molecule has 0 N–H and O–H groups in total. The lowest BCUT2D eigenvalue weighted by Crippen LogP contribution is -1.90. The van der Waals surface area contributed by atoms with Crippen molar-refractivity contribution in [2.45, 2.75) is 6.42 Å². The van der Waals surface area contributed by atoms with Crippen LogP contribution < -0.4 is 0 Å². The van der Waals surface area contributed by atoms with Crippen LogP contribution in [-0.4, -0.2) is 10.8 Å². The maximum absolute atomic E-state index is 10.6. The van der Waals surface area contributed by atoms with Gasteiger partial charge in [0.15, 0.2) is 0 Å². The Morgan fingerprint density at radius 2 is 2.06 bits per heavy atom. The summed E-state index contributed by atoms with van der Waals surface area (Å²) in [5.41, 5.74) is 0.550. The largest absolute Gasteiger partial charge is 0.271 e. The molecule has 0 aliphatic heterocycles. The second-order valence-corrected chi connectivity index (χ2v) is 3.26. The molecule has 0 atom stereocenters. The lowest BCUT2D eigenvalue weighted by atomic mass is 10.1. The number of nitrogens with zero attached hydrogens (tertiary/aromatic N) is 2. The number of halogens is 1. The number of rotatable bonds is 2. The van der Waals surface area contributed by atoms with Crippen LogP contribution in [0.2, 0.25) is 0 Å². The van der Waals surface area contributed by atoms with Crippen molar-refractivity contribution in [1.82, 2.24) is 0 Å². The Morgan fingerprint density at radius 1 is 1.38 bits per heavy atom. The first-order valence-corrected chi connectivity index (χ1v) is 4.95. The molecule has 4 nitrogen and oxygen atoms in total. The van der Waals surface area contributed by atoms with Crippen LogP contribution in [0.3, 0.4) is 0 Å². The van der Waals surface area contributed by atoms with Gasteiger partial charge in [-0.1, -0.05) is 11.8 Å². The predicted molar refractivity (Wildman–Crippen MR) is 60.0 cm³/mol. The number of hydrogen-bond donors (Lipinski definition) is 0. The number of nitro groups is 1. The molecule has 0 radical (unpaired) electrons. The molecule has 1 aromatic carbocycles. The zero-order chi connectivity index (χ0) is 12.0. The van der Waals surface area contributed by atoms with Gasteiger partial charge in [0.25, 0.3) is 5.69 Å². The Bertz CT molecular complexity index is 509. The summed E-state index contributed by atoms with van der Waals surface area (Å²) in [4.78, 5) is 10.0. The van der Waals surface area contributed by atoms with Crippen molar-refractivity contribution in [3.63, 3.8) is 0 Å². The smallest absolute Gasteiger partial charge is 0.258 e. The minimum absolute atomic E-state index is 0.130. The molecule has 0 fully saturated rings. The molecule has 0 heterocycles. The molecule has 80 valence electrons. The van der Waals surface area contributed by atoms with Gasteiger partial charge in [0.1, 0.15) is 0 Å². The Hall–Kier alpha value is -2.04. The topological polar surface area (TPSA) is 66.9 Å². The quantitative estimate of drug-likeness (QED) is 0.342. The maximum Gasteiger partial charge on any atom is 0.271 e. The zero-order valence-corrected chi connectivity index (χ0v) is 8.99. The van der Waals surface area contributed by atoms with E-state index in [1.165, 1.54) is 18.2 Å². The first-order chi connectivity index (χ1) is 7.67. The molecule has 1 rings (SSSR count). The average Bonchev–Trinajstić information content (AvgIpc) is 2.29. The van der Waals surface area contributed by atoms with Crippen molar-refractivity contribution in [3.8, 4) is 17.9 Å².